The second-order valence-electron chi connectivity index (χ2n) is 7.24. The summed E-state index contributed by atoms with van der Waals surface area (Å²) < 4.78 is 33.2. The van der Waals surface area contributed by atoms with Crippen molar-refractivity contribution < 1.29 is 33.0 Å². The highest BCUT2D eigenvalue weighted by atomic mass is 32.2. The molecule has 0 fully saturated rings. The number of nitrogens with one attached hydrogen (secondary N) is 1. The number of phenols is 1. The van der Waals surface area contributed by atoms with Crippen LogP contribution in [0, 0.1) is 13.8 Å². The predicted molar refractivity (Wildman–Crippen MR) is 122 cm³/mol. The molecule has 3 aromatic carbocycles. The Morgan fingerprint density at radius 1 is 0.970 bits per heavy atom. The monoisotopic (exact) mass is 470 g/mol. The number of hydrogen-bond acceptors (Lipinski definition) is 6. The lowest BCUT2D eigenvalue weighted by Crippen LogP contribution is -2.26. The molecule has 9 nitrogen and oxygen atoms in total. The SMILES string of the molecule is Cc1cc(NC(=O)C(=O)O)cc(C)c1Oc1ccc(O)c(S(=O)(=O)N(C)c2ccccc2)c1. The number of aryl methyl sites for hydroxylation is 2. The molecule has 0 aliphatic carbocycles. The number of aliphatic carboxylic acids is 1. The number of carbonyl (C=O) groups excluding carboxylic acids is 1. The number of para-hydroxylation sites is 1. The van der Waals surface area contributed by atoms with Crippen molar-refractivity contribution in [2.75, 3.05) is 16.7 Å². The molecular formula is C23H22N2O7S. The fourth-order valence-electron chi connectivity index (χ4n) is 3.17. The number of carbonyl (C=O) groups is 2. The van der Waals surface area contributed by atoms with Crippen molar-refractivity contribution >= 4 is 33.3 Å². The summed E-state index contributed by atoms with van der Waals surface area (Å²) in [5, 5.41) is 21.3. The normalized spacial score (nSPS) is 11.0. The van der Waals surface area contributed by atoms with Gasteiger partial charge in [-0.1, -0.05) is 18.2 Å². The first-order valence-electron chi connectivity index (χ1n) is 9.71. The van der Waals surface area contributed by atoms with Crippen LogP contribution in [0.3, 0.4) is 0 Å². The van der Waals surface area contributed by atoms with Gasteiger partial charge in [0.1, 0.15) is 22.1 Å². The predicted octanol–water partition coefficient (Wildman–Crippen LogP) is 3.65. The molecule has 10 heteroatoms. The van der Waals surface area contributed by atoms with Crippen LogP contribution in [-0.2, 0) is 19.6 Å². The molecule has 3 N–H and O–H groups in total. The minimum absolute atomic E-state index is 0.168. The topological polar surface area (TPSA) is 133 Å². The number of rotatable bonds is 6. The summed E-state index contributed by atoms with van der Waals surface area (Å²) in [5.41, 5.74) is 1.86. The third kappa shape index (κ3) is 5.07. The molecule has 0 spiro atoms. The van der Waals surface area contributed by atoms with Crippen LogP contribution in [-0.4, -0.2) is 37.6 Å². The molecule has 0 unspecified atom stereocenters. The highest BCUT2D eigenvalue weighted by Gasteiger charge is 2.26. The minimum atomic E-state index is -4.09. The molecule has 0 saturated carbocycles. The molecule has 0 bridgehead atoms. The third-order valence-corrected chi connectivity index (χ3v) is 6.64. The van der Waals surface area contributed by atoms with Crippen LogP contribution < -0.4 is 14.4 Å². The maximum absolute atomic E-state index is 13.1. The Labute approximate surface area is 190 Å². The number of ether oxygens (including phenoxy) is 1. The van der Waals surface area contributed by atoms with E-state index in [2.05, 4.69) is 5.32 Å². The first kappa shape index (κ1) is 23.6. The summed E-state index contributed by atoms with van der Waals surface area (Å²) >= 11 is 0. The molecule has 172 valence electrons. The number of carboxylic acids is 1. The van der Waals surface area contributed by atoms with Crippen LogP contribution in [0.2, 0.25) is 0 Å². The molecule has 3 rings (SSSR count). The van der Waals surface area contributed by atoms with E-state index in [1.54, 1.807) is 44.2 Å². The molecule has 0 aliphatic rings. The second-order valence-corrected chi connectivity index (χ2v) is 9.18. The number of amides is 1. The second kappa shape index (κ2) is 9.21. The van der Waals surface area contributed by atoms with Crippen molar-refractivity contribution in [3.8, 4) is 17.2 Å². The lowest BCUT2D eigenvalue weighted by atomic mass is 10.1. The first-order chi connectivity index (χ1) is 15.5. The van der Waals surface area contributed by atoms with E-state index in [9.17, 15) is 23.1 Å². The summed E-state index contributed by atoms with van der Waals surface area (Å²) in [6.07, 6.45) is 0. The lowest BCUT2D eigenvalue weighted by molar-refractivity contribution is -0.147. The summed E-state index contributed by atoms with van der Waals surface area (Å²) in [6.45, 7) is 3.39. The standard InChI is InChI=1S/C23H22N2O7S/c1-14-11-16(24-22(27)23(28)29)12-15(2)21(14)32-18-9-10-19(26)20(13-18)33(30,31)25(3)17-7-5-4-6-8-17/h4-13,26H,1-3H3,(H,24,27)(H,28,29). The molecule has 33 heavy (non-hydrogen) atoms. The van der Waals surface area contributed by atoms with Crippen LogP contribution in [0.5, 0.6) is 17.2 Å². The van der Waals surface area contributed by atoms with E-state index < -0.39 is 27.6 Å². The quantitative estimate of drug-likeness (QED) is 0.468. The summed E-state index contributed by atoms with van der Waals surface area (Å²) in [6, 6.07) is 15.4. The summed E-state index contributed by atoms with van der Waals surface area (Å²) in [5.74, 6) is -2.64. The van der Waals surface area contributed by atoms with Gasteiger partial charge in [0.05, 0.1) is 5.69 Å². The maximum Gasteiger partial charge on any atom is 0.394 e. The van der Waals surface area contributed by atoms with Crippen LogP contribution >= 0.6 is 0 Å². The van der Waals surface area contributed by atoms with Gasteiger partial charge in [-0.05, 0) is 61.4 Å². The average molecular weight is 471 g/mol. The zero-order valence-corrected chi connectivity index (χ0v) is 18.9. The van der Waals surface area contributed by atoms with Gasteiger partial charge in [0.2, 0.25) is 0 Å². The third-order valence-electron chi connectivity index (χ3n) is 4.82. The van der Waals surface area contributed by atoms with Gasteiger partial charge in [-0.15, -0.1) is 0 Å². The number of hydrogen-bond donors (Lipinski definition) is 3. The zero-order chi connectivity index (χ0) is 24.3. The molecule has 0 radical (unpaired) electrons. The number of benzene rings is 3. The van der Waals surface area contributed by atoms with Gasteiger partial charge in [0, 0.05) is 18.8 Å². The highest BCUT2D eigenvalue weighted by molar-refractivity contribution is 7.92. The Morgan fingerprint density at radius 3 is 2.15 bits per heavy atom. The van der Waals surface area contributed by atoms with E-state index >= 15 is 0 Å². The fraction of sp³-hybridized carbons (Fsp3) is 0.130. The Bertz CT molecular complexity index is 1300. The van der Waals surface area contributed by atoms with Gasteiger partial charge in [0.15, 0.2) is 0 Å². The Hall–Kier alpha value is -4.05. The molecule has 1 amide bonds. The number of carboxylic acid groups (broad SMARTS) is 1. The Kier molecular flexibility index (Phi) is 6.59. The molecule has 0 saturated heterocycles. The molecule has 0 aliphatic heterocycles. The van der Waals surface area contributed by atoms with Gasteiger partial charge in [0.25, 0.3) is 10.0 Å². The maximum atomic E-state index is 13.1. The Balaban J connectivity index is 1.93. The van der Waals surface area contributed by atoms with Crippen molar-refractivity contribution in [1.82, 2.24) is 0 Å². The van der Waals surface area contributed by atoms with E-state index in [4.69, 9.17) is 9.84 Å². The molecule has 3 aromatic rings. The smallest absolute Gasteiger partial charge is 0.394 e. The van der Waals surface area contributed by atoms with Crippen LogP contribution in [0.25, 0.3) is 0 Å². The fourth-order valence-corrected chi connectivity index (χ4v) is 4.47. The number of phenolic OH excluding ortho intramolecular Hbond substituents is 1. The molecular weight excluding hydrogens is 448 g/mol. The molecule has 0 aromatic heterocycles. The summed E-state index contributed by atoms with van der Waals surface area (Å²) in [4.78, 5) is 21.8. The molecule has 0 atom stereocenters. The van der Waals surface area contributed by atoms with E-state index in [0.717, 1.165) is 4.31 Å². The molecule has 0 heterocycles. The van der Waals surface area contributed by atoms with Gasteiger partial charge in [-0.2, -0.15) is 0 Å². The van der Waals surface area contributed by atoms with Gasteiger partial charge >= 0.3 is 11.9 Å². The van der Waals surface area contributed by atoms with Crippen LogP contribution in [0.4, 0.5) is 11.4 Å². The summed E-state index contributed by atoms with van der Waals surface area (Å²) in [7, 11) is -2.70. The van der Waals surface area contributed by atoms with Gasteiger partial charge < -0.3 is 20.3 Å². The largest absolute Gasteiger partial charge is 0.507 e. The van der Waals surface area contributed by atoms with Gasteiger partial charge in [-0.25, -0.2) is 13.2 Å². The highest BCUT2D eigenvalue weighted by Crippen LogP contribution is 2.36. The van der Waals surface area contributed by atoms with Crippen molar-refractivity contribution in [3.63, 3.8) is 0 Å². The van der Waals surface area contributed by atoms with Crippen molar-refractivity contribution in [2.45, 2.75) is 18.7 Å². The van der Waals surface area contributed by atoms with Crippen molar-refractivity contribution in [3.05, 3.63) is 71.8 Å². The number of anilines is 2. The number of nitrogens with zero attached hydrogens (tertiary/aromatic N) is 1. The van der Waals surface area contributed by atoms with E-state index in [0.29, 0.717) is 22.6 Å². The first-order valence-corrected chi connectivity index (χ1v) is 11.1. The van der Waals surface area contributed by atoms with E-state index in [1.165, 1.54) is 37.4 Å². The van der Waals surface area contributed by atoms with Gasteiger partial charge in [-0.3, -0.25) is 9.10 Å². The number of sulfonamides is 1. The minimum Gasteiger partial charge on any atom is -0.507 e. The van der Waals surface area contributed by atoms with Crippen LogP contribution in [0.1, 0.15) is 11.1 Å². The average Bonchev–Trinajstić information content (AvgIpc) is 2.77. The van der Waals surface area contributed by atoms with Crippen molar-refractivity contribution in [1.29, 1.82) is 0 Å². The lowest BCUT2D eigenvalue weighted by Gasteiger charge is -2.21. The Morgan fingerprint density at radius 2 is 1.58 bits per heavy atom. The number of aromatic hydroxyl groups is 1. The van der Waals surface area contributed by atoms with E-state index in [1.807, 2.05) is 0 Å². The van der Waals surface area contributed by atoms with Crippen molar-refractivity contribution in [2.24, 2.45) is 0 Å². The zero-order valence-electron chi connectivity index (χ0n) is 18.1. The van der Waals surface area contributed by atoms with Crippen LogP contribution in [0.15, 0.2) is 65.6 Å². The van der Waals surface area contributed by atoms with E-state index in [-0.39, 0.29) is 16.3 Å².